The summed E-state index contributed by atoms with van der Waals surface area (Å²) < 4.78 is 45.2. The van der Waals surface area contributed by atoms with Crippen molar-refractivity contribution in [3.05, 3.63) is 57.3 Å². The van der Waals surface area contributed by atoms with Crippen molar-refractivity contribution in [1.82, 2.24) is 4.98 Å². The lowest BCUT2D eigenvalue weighted by atomic mass is 9.98. The number of pyridine rings is 1. The van der Waals surface area contributed by atoms with Crippen LogP contribution >= 0.6 is 23.4 Å². The van der Waals surface area contributed by atoms with Crippen molar-refractivity contribution in [3.8, 4) is 16.9 Å². The summed E-state index contributed by atoms with van der Waals surface area (Å²) in [5.74, 6) is 0.412. The Morgan fingerprint density at radius 1 is 1.07 bits per heavy atom. The second kappa shape index (κ2) is 7.61. The van der Waals surface area contributed by atoms with Crippen LogP contribution in [-0.4, -0.2) is 16.8 Å². The van der Waals surface area contributed by atoms with Gasteiger partial charge in [-0.05, 0) is 36.4 Å². The Kier molecular flexibility index (Phi) is 5.66. The van der Waals surface area contributed by atoms with Crippen LogP contribution in [0.1, 0.15) is 26.3 Å². The fourth-order valence-electron chi connectivity index (χ4n) is 3.00. The molecule has 1 N–H and O–H groups in total. The molecule has 0 amide bonds. The molecule has 0 fully saturated rings. The molecule has 154 valence electrons. The van der Waals surface area contributed by atoms with Crippen molar-refractivity contribution in [3.63, 3.8) is 0 Å². The largest absolute Gasteiger partial charge is 0.496 e. The van der Waals surface area contributed by atoms with Crippen molar-refractivity contribution in [2.24, 2.45) is 0 Å². The van der Waals surface area contributed by atoms with Crippen LogP contribution in [0, 0.1) is 0 Å². The third-order valence-corrected chi connectivity index (χ3v) is 5.58. The molecule has 3 aromatic rings. The molecule has 1 heterocycles. The van der Waals surface area contributed by atoms with E-state index in [2.05, 4.69) is 4.98 Å². The Morgan fingerprint density at radius 2 is 1.76 bits per heavy atom. The second-order valence-corrected chi connectivity index (χ2v) is 9.75. The predicted octanol–water partition coefficient (Wildman–Crippen LogP) is 6.77. The third kappa shape index (κ3) is 4.56. The van der Waals surface area contributed by atoms with E-state index in [1.54, 1.807) is 18.2 Å². The highest BCUT2D eigenvalue weighted by Gasteiger charge is 2.32. The molecule has 3 rings (SSSR count). The van der Waals surface area contributed by atoms with E-state index in [0.717, 1.165) is 12.1 Å². The maximum Gasteiger partial charge on any atom is 0.416 e. The molecular formula is C21H19ClF3NO2S. The molecule has 0 radical (unpaired) electrons. The number of rotatable bonds is 3. The van der Waals surface area contributed by atoms with E-state index in [9.17, 15) is 18.0 Å². The lowest BCUT2D eigenvalue weighted by Gasteiger charge is -2.22. The zero-order valence-corrected chi connectivity index (χ0v) is 17.8. The number of hydrogen-bond donors (Lipinski definition) is 1. The Hall–Kier alpha value is -2.12. The van der Waals surface area contributed by atoms with E-state index in [1.165, 1.54) is 24.9 Å². The standard InChI is InChI=1S/C21H19ClF3NO2S/c1-20(2,3)29-18-17(14-10-12(22)6-8-16(14)28-4)13-9-11(21(23,24)25)5-7-15(13)26-19(18)27/h5-10H,1-4H3,(H,26,27). The van der Waals surface area contributed by atoms with Gasteiger partial charge in [0.05, 0.1) is 17.6 Å². The van der Waals surface area contributed by atoms with Crippen LogP contribution in [0.4, 0.5) is 13.2 Å². The molecule has 8 heteroatoms. The highest BCUT2D eigenvalue weighted by Crippen LogP contribution is 2.44. The summed E-state index contributed by atoms with van der Waals surface area (Å²) in [6.07, 6.45) is -4.52. The minimum atomic E-state index is -4.52. The average molecular weight is 442 g/mol. The first-order chi connectivity index (χ1) is 13.4. The van der Waals surface area contributed by atoms with Gasteiger partial charge in [0.15, 0.2) is 0 Å². The summed E-state index contributed by atoms with van der Waals surface area (Å²) in [6, 6.07) is 8.12. The summed E-state index contributed by atoms with van der Waals surface area (Å²) in [7, 11) is 1.46. The van der Waals surface area contributed by atoms with Gasteiger partial charge in [-0.15, -0.1) is 11.8 Å². The summed E-state index contributed by atoms with van der Waals surface area (Å²) in [4.78, 5) is 15.9. The first-order valence-corrected chi connectivity index (χ1v) is 9.90. The third-order valence-electron chi connectivity index (χ3n) is 4.14. The first kappa shape index (κ1) is 21.6. The number of aromatic nitrogens is 1. The van der Waals surface area contributed by atoms with Crippen LogP contribution < -0.4 is 10.3 Å². The van der Waals surface area contributed by atoms with Gasteiger partial charge >= 0.3 is 6.18 Å². The molecule has 29 heavy (non-hydrogen) atoms. The molecule has 0 spiro atoms. The van der Waals surface area contributed by atoms with Gasteiger partial charge < -0.3 is 9.72 Å². The molecule has 0 aliphatic rings. The lowest BCUT2D eigenvalue weighted by Crippen LogP contribution is -2.17. The number of thioether (sulfide) groups is 1. The lowest BCUT2D eigenvalue weighted by molar-refractivity contribution is -0.137. The van der Waals surface area contributed by atoms with Crippen LogP contribution in [-0.2, 0) is 6.18 Å². The molecular weight excluding hydrogens is 423 g/mol. The topological polar surface area (TPSA) is 42.1 Å². The zero-order valence-electron chi connectivity index (χ0n) is 16.2. The van der Waals surface area contributed by atoms with Gasteiger partial charge in [0.2, 0.25) is 0 Å². The average Bonchev–Trinajstić information content (AvgIpc) is 2.60. The van der Waals surface area contributed by atoms with Crippen LogP contribution in [0.15, 0.2) is 46.1 Å². The SMILES string of the molecule is COc1ccc(Cl)cc1-c1c(SC(C)(C)C)c(=O)[nH]c2ccc(C(F)(F)F)cc12. The fourth-order valence-corrected chi connectivity index (χ4v) is 4.25. The molecule has 2 aromatic carbocycles. The molecule has 0 saturated carbocycles. The van der Waals surface area contributed by atoms with Crippen molar-refractivity contribution >= 4 is 34.3 Å². The van der Waals surface area contributed by atoms with Crippen LogP contribution in [0.3, 0.4) is 0 Å². The molecule has 0 aliphatic carbocycles. The van der Waals surface area contributed by atoms with Gasteiger partial charge in [-0.1, -0.05) is 32.4 Å². The van der Waals surface area contributed by atoms with Crippen LogP contribution in [0.2, 0.25) is 5.02 Å². The Balaban J connectivity index is 2.50. The van der Waals surface area contributed by atoms with Crippen molar-refractivity contribution in [2.75, 3.05) is 7.11 Å². The smallest absolute Gasteiger partial charge is 0.416 e. The highest BCUT2D eigenvalue weighted by molar-refractivity contribution is 8.00. The van der Waals surface area contributed by atoms with Gasteiger partial charge in [-0.2, -0.15) is 13.2 Å². The molecule has 0 saturated heterocycles. The quantitative estimate of drug-likeness (QED) is 0.456. The normalized spacial score (nSPS) is 12.4. The fraction of sp³-hybridized carbons (Fsp3) is 0.286. The predicted molar refractivity (Wildman–Crippen MR) is 112 cm³/mol. The number of fused-ring (bicyclic) bond motifs is 1. The molecule has 3 nitrogen and oxygen atoms in total. The zero-order chi connectivity index (χ0) is 21.6. The van der Waals surface area contributed by atoms with E-state index < -0.39 is 11.7 Å². The molecule has 0 atom stereocenters. The van der Waals surface area contributed by atoms with Crippen molar-refractivity contribution in [2.45, 2.75) is 36.6 Å². The van der Waals surface area contributed by atoms with Crippen molar-refractivity contribution < 1.29 is 17.9 Å². The van der Waals surface area contributed by atoms with E-state index in [0.29, 0.717) is 32.3 Å². The number of nitrogens with one attached hydrogen (secondary N) is 1. The first-order valence-electron chi connectivity index (χ1n) is 8.71. The van der Waals surface area contributed by atoms with Crippen molar-refractivity contribution in [1.29, 1.82) is 0 Å². The van der Waals surface area contributed by atoms with E-state index in [4.69, 9.17) is 16.3 Å². The van der Waals surface area contributed by atoms with Crippen LogP contribution in [0.5, 0.6) is 5.75 Å². The second-order valence-electron chi connectivity index (χ2n) is 7.48. The van der Waals surface area contributed by atoms with E-state index in [1.807, 2.05) is 20.8 Å². The van der Waals surface area contributed by atoms with Gasteiger partial charge in [0.1, 0.15) is 5.75 Å². The van der Waals surface area contributed by atoms with Gasteiger partial charge in [-0.25, -0.2) is 0 Å². The molecule has 0 bridgehead atoms. The number of benzene rings is 2. The number of halogens is 4. The minimum absolute atomic E-state index is 0.270. The van der Waals surface area contributed by atoms with Gasteiger partial charge in [0.25, 0.3) is 5.56 Å². The Morgan fingerprint density at radius 3 is 2.34 bits per heavy atom. The van der Waals surface area contributed by atoms with Gasteiger partial charge in [-0.3, -0.25) is 4.79 Å². The number of H-pyrrole nitrogens is 1. The minimum Gasteiger partial charge on any atom is -0.496 e. The molecule has 0 aliphatic heterocycles. The Labute approximate surface area is 175 Å². The molecule has 1 aromatic heterocycles. The maximum absolute atomic E-state index is 13.4. The molecule has 0 unspecified atom stereocenters. The monoisotopic (exact) mass is 441 g/mol. The van der Waals surface area contributed by atoms with Gasteiger partial charge in [0, 0.05) is 31.8 Å². The number of aromatic amines is 1. The number of hydrogen-bond acceptors (Lipinski definition) is 3. The van der Waals surface area contributed by atoms with E-state index >= 15 is 0 Å². The highest BCUT2D eigenvalue weighted by atomic mass is 35.5. The summed E-state index contributed by atoms with van der Waals surface area (Å²) in [6.45, 7) is 5.77. The van der Waals surface area contributed by atoms with E-state index in [-0.39, 0.29) is 15.7 Å². The van der Waals surface area contributed by atoms with Crippen LogP contribution in [0.25, 0.3) is 22.0 Å². The maximum atomic E-state index is 13.4. The summed E-state index contributed by atoms with van der Waals surface area (Å²) >= 11 is 7.45. The summed E-state index contributed by atoms with van der Waals surface area (Å²) in [5.41, 5.74) is -0.0465. The number of methoxy groups -OCH3 is 1. The number of alkyl halides is 3. The summed E-state index contributed by atoms with van der Waals surface area (Å²) in [5, 5.41) is 0.652. The Bertz CT molecular complexity index is 1130. The number of ether oxygens (including phenoxy) is 1.